The van der Waals surface area contributed by atoms with E-state index < -0.39 is 0 Å². The van der Waals surface area contributed by atoms with Crippen molar-refractivity contribution in [1.82, 2.24) is 14.5 Å². The molecule has 0 radical (unpaired) electrons. The van der Waals surface area contributed by atoms with Gasteiger partial charge in [-0.15, -0.1) is 0 Å². The first-order chi connectivity index (χ1) is 9.29. The highest BCUT2D eigenvalue weighted by atomic mass is 32.2. The van der Waals surface area contributed by atoms with Crippen LogP contribution < -0.4 is 5.56 Å². The van der Waals surface area contributed by atoms with E-state index >= 15 is 0 Å². The van der Waals surface area contributed by atoms with Crippen molar-refractivity contribution in [3.05, 3.63) is 59.0 Å². The topological polar surface area (TPSA) is 47.8 Å². The molecule has 4 nitrogen and oxygen atoms in total. The number of nitrogens with zero attached hydrogens (tertiary/aromatic N) is 3. The second-order valence-electron chi connectivity index (χ2n) is 3.98. The van der Waals surface area contributed by atoms with Crippen molar-refractivity contribution in [2.75, 3.05) is 6.26 Å². The summed E-state index contributed by atoms with van der Waals surface area (Å²) >= 11 is 1.46. The first-order valence-electron chi connectivity index (χ1n) is 5.78. The van der Waals surface area contributed by atoms with Crippen LogP contribution in [0, 0.1) is 0 Å². The molecule has 94 valence electrons. The summed E-state index contributed by atoms with van der Waals surface area (Å²) in [5.74, 6) is 0. The molecule has 3 aromatic rings. The quantitative estimate of drug-likeness (QED) is 0.530. The minimum Gasteiger partial charge on any atom is -0.269 e. The Labute approximate surface area is 114 Å². The van der Waals surface area contributed by atoms with Crippen LogP contribution in [0.1, 0.15) is 0 Å². The van der Waals surface area contributed by atoms with Crippen LogP contribution >= 0.6 is 11.8 Å². The molecule has 1 aromatic carbocycles. The van der Waals surface area contributed by atoms with Crippen molar-refractivity contribution in [3.8, 4) is 5.69 Å². The average Bonchev–Trinajstić information content (AvgIpc) is 2.47. The van der Waals surface area contributed by atoms with Crippen LogP contribution in [0.25, 0.3) is 16.7 Å². The van der Waals surface area contributed by atoms with Gasteiger partial charge in [-0.3, -0.25) is 9.36 Å². The summed E-state index contributed by atoms with van der Waals surface area (Å²) < 4.78 is 1.61. The van der Waals surface area contributed by atoms with Gasteiger partial charge in [0.2, 0.25) is 0 Å². The molecular weight excluding hydrogens is 258 g/mol. The molecule has 2 aromatic heterocycles. The van der Waals surface area contributed by atoms with E-state index in [-0.39, 0.29) is 5.56 Å². The van der Waals surface area contributed by atoms with Crippen molar-refractivity contribution in [2.24, 2.45) is 0 Å². The van der Waals surface area contributed by atoms with Gasteiger partial charge >= 0.3 is 0 Å². The third-order valence-corrected chi connectivity index (χ3v) is 3.37. The molecule has 0 fully saturated rings. The van der Waals surface area contributed by atoms with E-state index in [1.54, 1.807) is 16.8 Å². The monoisotopic (exact) mass is 269 g/mol. The lowest BCUT2D eigenvalue weighted by Crippen LogP contribution is -2.18. The van der Waals surface area contributed by atoms with E-state index in [9.17, 15) is 4.79 Å². The van der Waals surface area contributed by atoms with Crippen LogP contribution in [-0.4, -0.2) is 20.8 Å². The maximum atomic E-state index is 12.1. The lowest BCUT2D eigenvalue weighted by molar-refractivity contribution is 0.938. The lowest BCUT2D eigenvalue weighted by Gasteiger charge is -2.09. The fraction of sp³-hybridized carbons (Fsp3) is 0.0714. The second kappa shape index (κ2) is 4.85. The molecule has 5 heteroatoms. The second-order valence-corrected chi connectivity index (χ2v) is 4.75. The number of hydrogen-bond donors (Lipinski definition) is 0. The molecular formula is C14H11N3OS. The third-order valence-electron chi connectivity index (χ3n) is 2.81. The molecule has 0 unspecified atom stereocenters. The van der Waals surface area contributed by atoms with E-state index in [0.717, 1.165) is 11.1 Å². The Hall–Kier alpha value is -2.14. The van der Waals surface area contributed by atoms with Gasteiger partial charge in [0.15, 0.2) is 10.8 Å². The molecule has 19 heavy (non-hydrogen) atoms. The number of rotatable bonds is 2. The van der Waals surface area contributed by atoms with Gasteiger partial charge in [-0.2, -0.15) is 0 Å². The summed E-state index contributed by atoms with van der Waals surface area (Å²) in [5.41, 5.74) is 1.35. The molecule has 0 spiro atoms. The molecule has 0 atom stereocenters. The third kappa shape index (κ3) is 2.13. The van der Waals surface area contributed by atoms with E-state index in [0.29, 0.717) is 10.8 Å². The van der Waals surface area contributed by atoms with E-state index in [2.05, 4.69) is 9.97 Å². The summed E-state index contributed by atoms with van der Waals surface area (Å²) in [6.45, 7) is 0. The molecule has 3 rings (SSSR count). The molecule has 0 aliphatic carbocycles. The van der Waals surface area contributed by atoms with Gasteiger partial charge in [0.25, 0.3) is 5.56 Å². The average molecular weight is 269 g/mol. The zero-order valence-corrected chi connectivity index (χ0v) is 11.1. The molecule has 0 N–H and O–H groups in total. The molecule has 0 saturated heterocycles. The van der Waals surface area contributed by atoms with Gasteiger partial charge in [0, 0.05) is 17.6 Å². The van der Waals surface area contributed by atoms with E-state index in [4.69, 9.17) is 0 Å². The Kier molecular flexibility index (Phi) is 3.05. The normalized spacial score (nSPS) is 10.8. The first-order valence-corrected chi connectivity index (χ1v) is 7.00. The highest BCUT2D eigenvalue weighted by Gasteiger charge is 2.07. The number of pyridine rings is 1. The maximum absolute atomic E-state index is 12.1. The highest BCUT2D eigenvalue weighted by Crippen LogP contribution is 2.16. The van der Waals surface area contributed by atoms with Gasteiger partial charge in [-0.05, 0) is 24.5 Å². The molecule has 0 aliphatic heterocycles. The standard InChI is InChI=1S/C14H11N3OS/c1-19-14-15-9-10-7-8-12(18)17(13(10)16-14)11-5-3-2-4-6-11/h2-9H,1H3. The largest absolute Gasteiger partial charge is 0.269 e. The van der Waals surface area contributed by atoms with Gasteiger partial charge in [0.05, 0.1) is 5.69 Å². The maximum Gasteiger partial charge on any atom is 0.256 e. The summed E-state index contributed by atoms with van der Waals surface area (Å²) in [4.78, 5) is 20.8. The zero-order chi connectivity index (χ0) is 13.2. The van der Waals surface area contributed by atoms with Crippen LogP contribution in [0.4, 0.5) is 0 Å². The number of benzene rings is 1. The summed E-state index contributed by atoms with van der Waals surface area (Å²) in [7, 11) is 0. The van der Waals surface area contributed by atoms with Gasteiger partial charge < -0.3 is 0 Å². The summed E-state index contributed by atoms with van der Waals surface area (Å²) in [6, 6.07) is 12.8. The van der Waals surface area contributed by atoms with Crippen LogP contribution in [0.5, 0.6) is 0 Å². The van der Waals surface area contributed by atoms with Crippen molar-refractivity contribution < 1.29 is 0 Å². The Morgan fingerprint density at radius 1 is 1.11 bits per heavy atom. The highest BCUT2D eigenvalue weighted by molar-refractivity contribution is 7.98. The number of para-hydroxylation sites is 1. The Balaban J connectivity index is 2.39. The van der Waals surface area contributed by atoms with Crippen LogP contribution in [0.15, 0.2) is 58.6 Å². The van der Waals surface area contributed by atoms with Gasteiger partial charge in [-0.1, -0.05) is 30.0 Å². The van der Waals surface area contributed by atoms with Crippen LogP contribution in [-0.2, 0) is 0 Å². The van der Waals surface area contributed by atoms with Crippen LogP contribution in [0.2, 0.25) is 0 Å². The molecule has 0 aliphatic rings. The van der Waals surface area contributed by atoms with Gasteiger partial charge in [-0.25, -0.2) is 9.97 Å². The Bertz CT molecular complexity index is 784. The van der Waals surface area contributed by atoms with E-state index in [1.165, 1.54) is 17.8 Å². The zero-order valence-electron chi connectivity index (χ0n) is 10.3. The SMILES string of the molecule is CSc1ncc2ccc(=O)n(-c3ccccc3)c2n1. The molecule has 2 heterocycles. The van der Waals surface area contributed by atoms with E-state index in [1.807, 2.05) is 36.6 Å². The molecule has 0 bridgehead atoms. The van der Waals surface area contributed by atoms with Gasteiger partial charge in [0.1, 0.15) is 0 Å². The fourth-order valence-corrected chi connectivity index (χ4v) is 2.26. The number of aromatic nitrogens is 3. The van der Waals surface area contributed by atoms with Crippen LogP contribution in [0.3, 0.4) is 0 Å². The predicted octanol–water partition coefficient (Wildman–Crippen LogP) is 2.50. The minimum absolute atomic E-state index is 0.0931. The molecule has 0 saturated carbocycles. The summed E-state index contributed by atoms with van der Waals surface area (Å²) in [6.07, 6.45) is 3.65. The van der Waals surface area contributed by atoms with Crippen molar-refractivity contribution in [2.45, 2.75) is 5.16 Å². The molecule has 0 amide bonds. The van der Waals surface area contributed by atoms with Crippen molar-refractivity contribution in [1.29, 1.82) is 0 Å². The first kappa shape index (κ1) is 11.9. The number of fused-ring (bicyclic) bond motifs is 1. The smallest absolute Gasteiger partial charge is 0.256 e. The predicted molar refractivity (Wildman–Crippen MR) is 76.9 cm³/mol. The Morgan fingerprint density at radius 3 is 2.63 bits per heavy atom. The summed E-state index contributed by atoms with van der Waals surface area (Å²) in [5, 5.41) is 1.50. The van der Waals surface area contributed by atoms with Crippen molar-refractivity contribution in [3.63, 3.8) is 0 Å². The lowest BCUT2D eigenvalue weighted by atomic mass is 10.3. The number of thioether (sulfide) groups is 1. The van der Waals surface area contributed by atoms with Crippen molar-refractivity contribution >= 4 is 22.8 Å². The number of hydrogen-bond acceptors (Lipinski definition) is 4. The Morgan fingerprint density at radius 2 is 1.89 bits per heavy atom. The minimum atomic E-state index is -0.0931. The fourth-order valence-electron chi connectivity index (χ4n) is 1.93.